The van der Waals surface area contributed by atoms with Gasteiger partial charge in [-0.1, -0.05) is 11.6 Å². The molecule has 1 N–H and O–H groups in total. The Hall–Kier alpha value is -1.33. The molecular weight excluding hydrogens is 276 g/mol. The second-order valence-electron chi connectivity index (χ2n) is 5.35. The molecule has 0 unspecified atom stereocenters. The Morgan fingerprint density at radius 1 is 1.45 bits per heavy atom. The number of hydrogen-bond donors (Lipinski definition) is 1. The van der Waals surface area contributed by atoms with Crippen molar-refractivity contribution in [3.63, 3.8) is 0 Å². The minimum absolute atomic E-state index is 0.165. The van der Waals surface area contributed by atoms with Crippen molar-refractivity contribution in [2.75, 3.05) is 39.0 Å². The smallest absolute Gasteiger partial charge is 0.236 e. The lowest BCUT2D eigenvalue weighted by Gasteiger charge is -2.32. The van der Waals surface area contributed by atoms with E-state index >= 15 is 0 Å². The third-order valence-corrected chi connectivity index (χ3v) is 3.77. The van der Waals surface area contributed by atoms with Crippen LogP contribution in [0.15, 0.2) is 18.3 Å². The Balaban J connectivity index is 1.77. The lowest BCUT2D eigenvalue weighted by molar-refractivity contribution is -0.130. The van der Waals surface area contributed by atoms with Crippen LogP contribution in [0.5, 0.6) is 0 Å². The van der Waals surface area contributed by atoms with E-state index in [9.17, 15) is 4.79 Å². The fraction of sp³-hybridized carbons (Fsp3) is 0.571. The van der Waals surface area contributed by atoms with Crippen molar-refractivity contribution < 1.29 is 4.79 Å². The Labute approximate surface area is 124 Å². The second-order valence-corrected chi connectivity index (χ2v) is 5.74. The number of aromatic nitrogens is 1. The van der Waals surface area contributed by atoms with Crippen LogP contribution < -0.4 is 5.32 Å². The lowest BCUT2D eigenvalue weighted by atomic mass is 10.0. The van der Waals surface area contributed by atoms with Crippen LogP contribution in [-0.2, 0) is 4.79 Å². The molecule has 1 aromatic rings. The molecule has 0 aromatic carbocycles. The van der Waals surface area contributed by atoms with E-state index in [2.05, 4.69) is 15.2 Å². The highest BCUT2D eigenvalue weighted by Gasteiger charge is 2.21. The second kappa shape index (κ2) is 6.90. The number of carbonyl (C=O) groups is 1. The number of amides is 1. The van der Waals surface area contributed by atoms with Gasteiger partial charge in [0.05, 0.1) is 18.4 Å². The van der Waals surface area contributed by atoms with E-state index in [1.54, 1.807) is 31.3 Å². The fourth-order valence-corrected chi connectivity index (χ4v) is 2.38. The number of likely N-dealkylation sites (N-methyl/N-ethyl adjacent to an activating group) is 1. The molecule has 1 aliphatic rings. The first-order chi connectivity index (χ1) is 9.54. The van der Waals surface area contributed by atoms with E-state index in [1.165, 1.54) is 0 Å². The molecule has 110 valence electrons. The summed E-state index contributed by atoms with van der Waals surface area (Å²) in [4.78, 5) is 19.6. The number of halogens is 1. The van der Waals surface area contributed by atoms with Crippen LogP contribution in [0.3, 0.4) is 0 Å². The molecule has 2 rings (SSSR count). The molecule has 2 heterocycles. The minimum Gasteiger partial charge on any atom is -0.381 e. The zero-order chi connectivity index (χ0) is 14.5. The van der Waals surface area contributed by atoms with Gasteiger partial charge < -0.3 is 10.2 Å². The predicted octanol–water partition coefficient (Wildman–Crippen LogP) is 1.70. The Morgan fingerprint density at radius 3 is 2.70 bits per heavy atom. The van der Waals surface area contributed by atoms with Gasteiger partial charge in [0.15, 0.2) is 0 Å². The number of carbonyl (C=O) groups excluding carboxylic acids is 1. The van der Waals surface area contributed by atoms with Gasteiger partial charge in [-0.2, -0.15) is 0 Å². The topological polar surface area (TPSA) is 48.5 Å². The van der Waals surface area contributed by atoms with Gasteiger partial charge in [0.1, 0.15) is 5.15 Å². The number of nitrogens with one attached hydrogen (secondary N) is 1. The summed E-state index contributed by atoms with van der Waals surface area (Å²) < 4.78 is 0. The van der Waals surface area contributed by atoms with Crippen molar-refractivity contribution in [2.45, 2.75) is 18.9 Å². The van der Waals surface area contributed by atoms with Gasteiger partial charge >= 0.3 is 0 Å². The number of nitrogens with zero attached hydrogens (tertiary/aromatic N) is 3. The van der Waals surface area contributed by atoms with Crippen LogP contribution in [0, 0.1) is 0 Å². The summed E-state index contributed by atoms with van der Waals surface area (Å²) in [5.41, 5.74) is 0.997. The molecule has 0 bridgehead atoms. The molecule has 0 spiro atoms. The van der Waals surface area contributed by atoms with Crippen LogP contribution >= 0.6 is 11.6 Å². The van der Waals surface area contributed by atoms with Crippen molar-refractivity contribution in [3.8, 4) is 0 Å². The maximum atomic E-state index is 11.7. The van der Waals surface area contributed by atoms with Crippen molar-refractivity contribution in [1.82, 2.24) is 14.8 Å². The number of rotatable bonds is 4. The monoisotopic (exact) mass is 296 g/mol. The predicted molar refractivity (Wildman–Crippen MR) is 81.0 cm³/mol. The van der Waals surface area contributed by atoms with Crippen LogP contribution in [0.2, 0.25) is 5.15 Å². The summed E-state index contributed by atoms with van der Waals surface area (Å²) >= 11 is 5.77. The van der Waals surface area contributed by atoms with Gasteiger partial charge in [0.25, 0.3) is 0 Å². The molecule has 0 radical (unpaired) electrons. The summed E-state index contributed by atoms with van der Waals surface area (Å²) in [5, 5.41) is 3.97. The zero-order valence-electron chi connectivity index (χ0n) is 12.0. The molecule has 5 nitrogen and oxygen atoms in total. The standard InChI is InChI=1S/C14H21ClN4O/c1-18(2)14(20)10-19-7-5-11(6-8-19)17-12-3-4-13(15)16-9-12/h3-4,9,11,17H,5-8,10H2,1-2H3. The molecule has 1 amide bonds. The first kappa shape index (κ1) is 15.1. The van der Waals surface area contributed by atoms with Gasteiger partial charge in [-0.3, -0.25) is 9.69 Å². The lowest BCUT2D eigenvalue weighted by Crippen LogP contribution is -2.43. The molecule has 1 aliphatic heterocycles. The summed E-state index contributed by atoms with van der Waals surface area (Å²) in [5.74, 6) is 0.165. The van der Waals surface area contributed by atoms with Crippen molar-refractivity contribution >= 4 is 23.2 Å². The summed E-state index contributed by atoms with van der Waals surface area (Å²) in [6, 6.07) is 4.16. The van der Waals surface area contributed by atoms with E-state index in [1.807, 2.05) is 6.07 Å². The highest BCUT2D eigenvalue weighted by molar-refractivity contribution is 6.29. The summed E-state index contributed by atoms with van der Waals surface area (Å²) in [6.07, 6.45) is 3.82. The van der Waals surface area contributed by atoms with Crippen molar-refractivity contribution in [3.05, 3.63) is 23.5 Å². The van der Waals surface area contributed by atoms with Gasteiger partial charge in [0.2, 0.25) is 5.91 Å². The van der Waals surface area contributed by atoms with Crippen LogP contribution in [0.1, 0.15) is 12.8 Å². The van der Waals surface area contributed by atoms with Gasteiger partial charge in [0, 0.05) is 33.2 Å². The van der Waals surface area contributed by atoms with E-state index in [4.69, 9.17) is 11.6 Å². The first-order valence-electron chi connectivity index (χ1n) is 6.85. The minimum atomic E-state index is 0.165. The zero-order valence-corrected chi connectivity index (χ0v) is 12.7. The SMILES string of the molecule is CN(C)C(=O)CN1CCC(Nc2ccc(Cl)nc2)CC1. The molecule has 0 aliphatic carbocycles. The molecule has 1 fully saturated rings. The molecule has 0 atom stereocenters. The number of likely N-dealkylation sites (tertiary alicyclic amines) is 1. The summed E-state index contributed by atoms with van der Waals surface area (Å²) in [6.45, 7) is 2.40. The molecule has 6 heteroatoms. The number of pyridine rings is 1. The first-order valence-corrected chi connectivity index (χ1v) is 7.23. The van der Waals surface area contributed by atoms with E-state index in [0.717, 1.165) is 31.6 Å². The Morgan fingerprint density at radius 2 is 2.15 bits per heavy atom. The number of anilines is 1. The summed E-state index contributed by atoms with van der Waals surface area (Å²) in [7, 11) is 3.59. The van der Waals surface area contributed by atoms with Gasteiger partial charge in [-0.25, -0.2) is 4.98 Å². The van der Waals surface area contributed by atoms with Crippen molar-refractivity contribution in [2.24, 2.45) is 0 Å². The number of piperidine rings is 1. The molecular formula is C14H21ClN4O. The van der Waals surface area contributed by atoms with Gasteiger partial charge in [-0.05, 0) is 25.0 Å². The highest BCUT2D eigenvalue weighted by atomic mass is 35.5. The maximum absolute atomic E-state index is 11.7. The van der Waals surface area contributed by atoms with E-state index < -0.39 is 0 Å². The average Bonchev–Trinajstić information content (AvgIpc) is 2.43. The third kappa shape index (κ3) is 4.35. The normalized spacial score (nSPS) is 16.9. The van der Waals surface area contributed by atoms with Crippen LogP contribution in [-0.4, -0.2) is 60.5 Å². The third-order valence-electron chi connectivity index (χ3n) is 3.54. The highest BCUT2D eigenvalue weighted by Crippen LogP contribution is 2.17. The van der Waals surface area contributed by atoms with E-state index in [0.29, 0.717) is 17.7 Å². The average molecular weight is 297 g/mol. The molecule has 20 heavy (non-hydrogen) atoms. The van der Waals surface area contributed by atoms with E-state index in [-0.39, 0.29) is 5.91 Å². The van der Waals surface area contributed by atoms with Gasteiger partial charge in [-0.15, -0.1) is 0 Å². The maximum Gasteiger partial charge on any atom is 0.236 e. The van der Waals surface area contributed by atoms with Crippen molar-refractivity contribution in [1.29, 1.82) is 0 Å². The van der Waals surface area contributed by atoms with Crippen LogP contribution in [0.25, 0.3) is 0 Å². The number of hydrogen-bond acceptors (Lipinski definition) is 4. The molecule has 1 aromatic heterocycles. The molecule has 1 saturated heterocycles. The largest absolute Gasteiger partial charge is 0.381 e. The Kier molecular flexibility index (Phi) is 5.20. The molecule has 0 saturated carbocycles. The fourth-order valence-electron chi connectivity index (χ4n) is 2.27. The Bertz CT molecular complexity index is 441. The van der Waals surface area contributed by atoms with Crippen LogP contribution in [0.4, 0.5) is 5.69 Å². The quantitative estimate of drug-likeness (QED) is 0.859.